The molecule has 0 amide bonds. The lowest BCUT2D eigenvalue weighted by Crippen LogP contribution is -2.06. The van der Waals surface area contributed by atoms with Gasteiger partial charge in [-0.3, -0.25) is 0 Å². The molecule has 2 aromatic carbocycles. The summed E-state index contributed by atoms with van der Waals surface area (Å²) in [6.45, 7) is 2.19. The molecule has 19 heavy (non-hydrogen) atoms. The molecule has 2 aliphatic carbocycles. The Morgan fingerprint density at radius 1 is 0.789 bits per heavy atom. The summed E-state index contributed by atoms with van der Waals surface area (Å²) in [4.78, 5) is 0. The van der Waals surface area contributed by atoms with Gasteiger partial charge in [0.05, 0.1) is 0 Å². The van der Waals surface area contributed by atoms with Crippen molar-refractivity contribution in [2.45, 2.75) is 32.6 Å². The first-order valence-electron chi connectivity index (χ1n) is 7.26. The van der Waals surface area contributed by atoms with Gasteiger partial charge in [0.25, 0.3) is 0 Å². The SMILES string of the molecule is Cc1ccc2c3c(c4c(c2c1)C=CCC4)CCC=C3. The van der Waals surface area contributed by atoms with Crippen molar-refractivity contribution in [1.82, 2.24) is 0 Å². The Hall–Kier alpha value is -1.82. The van der Waals surface area contributed by atoms with E-state index in [1.807, 2.05) is 0 Å². The van der Waals surface area contributed by atoms with Gasteiger partial charge in [-0.25, -0.2) is 0 Å². The van der Waals surface area contributed by atoms with E-state index in [1.165, 1.54) is 53.1 Å². The first-order valence-corrected chi connectivity index (χ1v) is 7.26. The van der Waals surface area contributed by atoms with Gasteiger partial charge in [-0.2, -0.15) is 0 Å². The molecule has 0 atom stereocenters. The fourth-order valence-electron chi connectivity index (χ4n) is 3.58. The minimum Gasteiger partial charge on any atom is -0.0836 e. The molecular weight excluding hydrogens is 228 g/mol. The number of hydrogen-bond acceptors (Lipinski definition) is 0. The second kappa shape index (κ2) is 4.09. The van der Waals surface area contributed by atoms with Crippen molar-refractivity contribution in [3.05, 3.63) is 58.2 Å². The number of rotatable bonds is 0. The number of fused-ring (bicyclic) bond motifs is 6. The summed E-state index contributed by atoms with van der Waals surface area (Å²) in [7, 11) is 0. The Morgan fingerprint density at radius 2 is 1.42 bits per heavy atom. The highest BCUT2D eigenvalue weighted by Gasteiger charge is 2.19. The van der Waals surface area contributed by atoms with Crippen LogP contribution in [-0.4, -0.2) is 0 Å². The standard InChI is InChI=1S/C19H18/c1-13-10-11-18-16-8-3-2-6-14(16)15-7-4-5-9-17(15)19(18)12-13/h3,5,8-12H,2,4,6-7H2,1H3. The maximum atomic E-state index is 2.35. The van der Waals surface area contributed by atoms with Crippen molar-refractivity contribution < 1.29 is 0 Å². The van der Waals surface area contributed by atoms with Gasteiger partial charge in [-0.05, 0) is 65.6 Å². The molecule has 0 bridgehead atoms. The molecule has 0 fully saturated rings. The third-order valence-electron chi connectivity index (χ3n) is 4.46. The van der Waals surface area contributed by atoms with Crippen LogP contribution in [0.25, 0.3) is 22.9 Å². The fourth-order valence-corrected chi connectivity index (χ4v) is 3.58. The Kier molecular flexibility index (Phi) is 2.38. The van der Waals surface area contributed by atoms with Crippen LogP contribution < -0.4 is 0 Å². The zero-order valence-corrected chi connectivity index (χ0v) is 11.4. The molecule has 2 aliphatic rings. The smallest absolute Gasteiger partial charge is 0.00999 e. The van der Waals surface area contributed by atoms with Gasteiger partial charge in [0.15, 0.2) is 0 Å². The van der Waals surface area contributed by atoms with Crippen LogP contribution in [0, 0.1) is 6.92 Å². The van der Waals surface area contributed by atoms with E-state index in [1.54, 1.807) is 11.1 Å². The summed E-state index contributed by atoms with van der Waals surface area (Å²) in [5.41, 5.74) is 7.54. The molecule has 94 valence electrons. The van der Waals surface area contributed by atoms with Crippen LogP contribution in [0.5, 0.6) is 0 Å². The van der Waals surface area contributed by atoms with E-state index in [0.29, 0.717) is 0 Å². The number of hydrogen-bond donors (Lipinski definition) is 0. The molecule has 0 saturated carbocycles. The molecule has 0 aromatic heterocycles. The topological polar surface area (TPSA) is 0 Å². The van der Waals surface area contributed by atoms with Crippen LogP contribution >= 0.6 is 0 Å². The molecule has 0 unspecified atom stereocenters. The minimum atomic E-state index is 1.19. The van der Waals surface area contributed by atoms with Crippen molar-refractivity contribution >= 4 is 22.9 Å². The highest BCUT2D eigenvalue weighted by Crippen LogP contribution is 2.38. The molecule has 0 heterocycles. The van der Waals surface area contributed by atoms with Gasteiger partial charge in [0.2, 0.25) is 0 Å². The molecule has 0 spiro atoms. The van der Waals surface area contributed by atoms with Gasteiger partial charge in [-0.15, -0.1) is 0 Å². The number of allylic oxidation sites excluding steroid dienone is 2. The molecule has 0 aliphatic heterocycles. The van der Waals surface area contributed by atoms with Crippen molar-refractivity contribution in [3.8, 4) is 0 Å². The van der Waals surface area contributed by atoms with Crippen LogP contribution in [0.4, 0.5) is 0 Å². The molecule has 2 aromatic rings. The van der Waals surface area contributed by atoms with Crippen molar-refractivity contribution in [1.29, 1.82) is 0 Å². The van der Waals surface area contributed by atoms with Crippen LogP contribution in [0.1, 0.15) is 40.7 Å². The molecule has 0 nitrogen and oxygen atoms in total. The van der Waals surface area contributed by atoms with E-state index in [-0.39, 0.29) is 0 Å². The van der Waals surface area contributed by atoms with Gasteiger partial charge < -0.3 is 0 Å². The first-order chi connectivity index (χ1) is 9.34. The molecule has 0 saturated heterocycles. The molecule has 0 heteroatoms. The zero-order valence-electron chi connectivity index (χ0n) is 11.4. The molecular formula is C19H18. The summed E-state index contributed by atoms with van der Waals surface area (Å²) in [6, 6.07) is 6.90. The van der Waals surface area contributed by atoms with E-state index < -0.39 is 0 Å². The van der Waals surface area contributed by atoms with Gasteiger partial charge >= 0.3 is 0 Å². The third-order valence-corrected chi connectivity index (χ3v) is 4.46. The van der Waals surface area contributed by atoms with E-state index in [2.05, 4.69) is 49.4 Å². The summed E-state index contributed by atoms with van der Waals surface area (Å²) in [5, 5.41) is 2.87. The lowest BCUT2D eigenvalue weighted by molar-refractivity contribution is 0.911. The maximum absolute atomic E-state index is 2.35. The summed E-state index contributed by atoms with van der Waals surface area (Å²) in [6.07, 6.45) is 14.2. The lowest BCUT2D eigenvalue weighted by atomic mass is 9.81. The highest BCUT2D eigenvalue weighted by atomic mass is 14.2. The van der Waals surface area contributed by atoms with Crippen molar-refractivity contribution in [3.63, 3.8) is 0 Å². The minimum absolute atomic E-state index is 1.19. The van der Waals surface area contributed by atoms with Crippen LogP contribution in [-0.2, 0) is 12.8 Å². The average molecular weight is 246 g/mol. The van der Waals surface area contributed by atoms with Crippen molar-refractivity contribution in [2.24, 2.45) is 0 Å². The predicted molar refractivity (Wildman–Crippen MR) is 83.4 cm³/mol. The van der Waals surface area contributed by atoms with E-state index in [4.69, 9.17) is 0 Å². The largest absolute Gasteiger partial charge is 0.0836 e. The normalized spacial score (nSPS) is 16.5. The third kappa shape index (κ3) is 1.59. The zero-order chi connectivity index (χ0) is 12.8. The molecule has 0 radical (unpaired) electrons. The van der Waals surface area contributed by atoms with E-state index in [0.717, 1.165) is 0 Å². The second-order valence-electron chi connectivity index (χ2n) is 5.72. The van der Waals surface area contributed by atoms with Crippen LogP contribution in [0.2, 0.25) is 0 Å². The fraction of sp³-hybridized carbons (Fsp3) is 0.263. The Bertz CT molecular complexity index is 730. The highest BCUT2D eigenvalue weighted by molar-refractivity contribution is 6.00. The summed E-state index contributed by atoms with van der Waals surface area (Å²) in [5.74, 6) is 0. The van der Waals surface area contributed by atoms with Gasteiger partial charge in [0, 0.05) is 0 Å². The summed E-state index contributed by atoms with van der Waals surface area (Å²) >= 11 is 0. The Balaban J connectivity index is 2.20. The first kappa shape index (κ1) is 11.0. The number of aryl methyl sites for hydroxylation is 1. The monoisotopic (exact) mass is 246 g/mol. The predicted octanol–water partition coefficient (Wildman–Crippen LogP) is 5.07. The quantitative estimate of drug-likeness (QED) is 0.609. The van der Waals surface area contributed by atoms with Crippen molar-refractivity contribution in [2.75, 3.05) is 0 Å². The Morgan fingerprint density at radius 3 is 2.11 bits per heavy atom. The number of benzene rings is 2. The Labute approximate surface area is 114 Å². The maximum Gasteiger partial charge on any atom is -0.00999 e. The van der Waals surface area contributed by atoms with E-state index in [9.17, 15) is 0 Å². The van der Waals surface area contributed by atoms with Crippen LogP contribution in [0.3, 0.4) is 0 Å². The van der Waals surface area contributed by atoms with E-state index >= 15 is 0 Å². The second-order valence-corrected chi connectivity index (χ2v) is 5.72. The molecule has 0 N–H and O–H groups in total. The lowest BCUT2D eigenvalue weighted by Gasteiger charge is -2.23. The average Bonchev–Trinajstić information content (AvgIpc) is 2.47. The van der Waals surface area contributed by atoms with Gasteiger partial charge in [-0.1, -0.05) is 48.1 Å². The van der Waals surface area contributed by atoms with Gasteiger partial charge in [0.1, 0.15) is 0 Å². The summed E-state index contributed by atoms with van der Waals surface area (Å²) < 4.78 is 0. The molecule has 4 rings (SSSR count). The van der Waals surface area contributed by atoms with Crippen LogP contribution in [0.15, 0.2) is 30.4 Å².